The maximum absolute atomic E-state index is 12.4. The fourth-order valence-electron chi connectivity index (χ4n) is 3.52. The van der Waals surface area contributed by atoms with Crippen LogP contribution in [-0.2, 0) is 40.6 Å². The number of amides is 1. The lowest BCUT2D eigenvalue weighted by molar-refractivity contribution is -0.125. The fraction of sp³-hybridized carbons (Fsp3) is 0.412. The van der Waals surface area contributed by atoms with Crippen molar-refractivity contribution < 1.29 is 13.2 Å². The molecule has 2 aromatic rings. The van der Waals surface area contributed by atoms with Crippen LogP contribution >= 0.6 is 0 Å². The number of imidazole rings is 1. The van der Waals surface area contributed by atoms with Crippen molar-refractivity contribution in [2.24, 2.45) is 5.92 Å². The van der Waals surface area contributed by atoms with Crippen molar-refractivity contribution in [3.05, 3.63) is 47.5 Å². The molecule has 0 fully saturated rings. The van der Waals surface area contributed by atoms with Crippen molar-refractivity contribution in [3.63, 3.8) is 0 Å². The molecule has 6 nitrogen and oxygen atoms in total. The van der Waals surface area contributed by atoms with E-state index >= 15 is 0 Å². The highest BCUT2D eigenvalue weighted by Crippen LogP contribution is 2.26. The zero-order chi connectivity index (χ0) is 16.7. The number of benzene rings is 1. The second kappa shape index (κ2) is 5.73. The van der Waals surface area contributed by atoms with Gasteiger partial charge in [-0.25, -0.2) is 13.4 Å². The number of carbonyl (C=O) groups is 1. The van der Waals surface area contributed by atoms with Gasteiger partial charge in [0.1, 0.15) is 0 Å². The summed E-state index contributed by atoms with van der Waals surface area (Å²) in [5.41, 5.74) is 2.91. The largest absolute Gasteiger partial charge is 0.352 e. The van der Waals surface area contributed by atoms with Crippen LogP contribution in [0, 0.1) is 5.92 Å². The monoisotopic (exact) mass is 345 g/mol. The molecule has 0 saturated heterocycles. The van der Waals surface area contributed by atoms with Gasteiger partial charge in [-0.05, 0) is 30.0 Å². The third-order valence-corrected chi connectivity index (χ3v) is 6.72. The van der Waals surface area contributed by atoms with E-state index in [0.29, 0.717) is 24.3 Å². The minimum Gasteiger partial charge on any atom is -0.352 e. The average molecular weight is 345 g/mol. The molecule has 4 rings (SSSR count). The SMILES string of the molecule is O=C(NCc1ccc2c(c1)CCS2(=O)=O)C1CCn2cncc2C1. The summed E-state index contributed by atoms with van der Waals surface area (Å²) in [5, 5.41) is 2.99. The molecule has 0 bridgehead atoms. The van der Waals surface area contributed by atoms with Gasteiger partial charge in [0.05, 0.1) is 17.0 Å². The van der Waals surface area contributed by atoms with Gasteiger partial charge in [-0.2, -0.15) is 0 Å². The summed E-state index contributed by atoms with van der Waals surface area (Å²) in [6, 6.07) is 5.35. The van der Waals surface area contributed by atoms with E-state index in [1.54, 1.807) is 12.1 Å². The molecule has 3 heterocycles. The van der Waals surface area contributed by atoms with Crippen molar-refractivity contribution in [2.45, 2.75) is 37.2 Å². The summed E-state index contributed by atoms with van der Waals surface area (Å²) in [7, 11) is -3.09. The maximum Gasteiger partial charge on any atom is 0.223 e. The molecule has 2 aliphatic heterocycles. The molecule has 1 aromatic heterocycles. The number of nitrogens with zero attached hydrogens (tertiary/aromatic N) is 2. The smallest absolute Gasteiger partial charge is 0.223 e. The number of hydrogen-bond acceptors (Lipinski definition) is 4. The predicted molar refractivity (Wildman–Crippen MR) is 88.1 cm³/mol. The summed E-state index contributed by atoms with van der Waals surface area (Å²) in [5.74, 6) is 0.216. The Morgan fingerprint density at radius 2 is 2.25 bits per heavy atom. The number of nitrogens with one attached hydrogen (secondary N) is 1. The van der Waals surface area contributed by atoms with Crippen molar-refractivity contribution in [1.82, 2.24) is 14.9 Å². The van der Waals surface area contributed by atoms with E-state index in [1.807, 2.05) is 18.6 Å². The number of rotatable bonds is 3. The van der Waals surface area contributed by atoms with Gasteiger partial charge in [0.15, 0.2) is 9.84 Å². The Morgan fingerprint density at radius 3 is 3.12 bits per heavy atom. The van der Waals surface area contributed by atoms with Crippen LogP contribution in [0.5, 0.6) is 0 Å². The molecular weight excluding hydrogens is 326 g/mol. The van der Waals surface area contributed by atoms with Crippen molar-refractivity contribution >= 4 is 15.7 Å². The minimum atomic E-state index is -3.09. The lowest BCUT2D eigenvalue weighted by Gasteiger charge is -2.23. The molecule has 1 unspecified atom stereocenters. The Balaban J connectivity index is 1.40. The number of sulfone groups is 1. The molecule has 0 spiro atoms. The first-order valence-corrected chi connectivity index (χ1v) is 9.79. The van der Waals surface area contributed by atoms with E-state index in [1.165, 1.54) is 0 Å². The molecule has 1 aromatic carbocycles. The van der Waals surface area contributed by atoms with Crippen LogP contribution in [0.25, 0.3) is 0 Å². The highest BCUT2D eigenvalue weighted by molar-refractivity contribution is 7.91. The second-order valence-electron chi connectivity index (χ2n) is 6.50. The van der Waals surface area contributed by atoms with Gasteiger partial charge >= 0.3 is 0 Å². The van der Waals surface area contributed by atoms with E-state index in [9.17, 15) is 13.2 Å². The lowest BCUT2D eigenvalue weighted by atomic mass is 9.95. The van der Waals surface area contributed by atoms with Gasteiger partial charge in [0, 0.05) is 37.3 Å². The summed E-state index contributed by atoms with van der Waals surface area (Å²) < 4.78 is 25.8. The number of aromatic nitrogens is 2. The minimum absolute atomic E-state index is 0.0241. The molecule has 1 N–H and O–H groups in total. The normalized spacial score (nSPS) is 21.1. The van der Waals surface area contributed by atoms with E-state index in [-0.39, 0.29) is 17.6 Å². The van der Waals surface area contributed by atoms with Gasteiger partial charge in [0.25, 0.3) is 0 Å². The van der Waals surface area contributed by atoms with Crippen LogP contribution in [0.3, 0.4) is 0 Å². The summed E-state index contributed by atoms with van der Waals surface area (Å²) in [4.78, 5) is 17.0. The van der Waals surface area contributed by atoms with Gasteiger partial charge in [-0.1, -0.05) is 12.1 Å². The summed E-state index contributed by atoms with van der Waals surface area (Å²) in [6.45, 7) is 1.26. The molecule has 126 valence electrons. The van der Waals surface area contributed by atoms with Crippen LogP contribution in [0.15, 0.2) is 35.6 Å². The topological polar surface area (TPSA) is 81.1 Å². The highest BCUT2D eigenvalue weighted by Gasteiger charge is 2.27. The molecule has 1 atom stereocenters. The van der Waals surface area contributed by atoms with E-state index in [0.717, 1.165) is 29.8 Å². The number of carbonyl (C=O) groups excluding carboxylic acids is 1. The first-order valence-electron chi connectivity index (χ1n) is 8.14. The Kier molecular flexibility index (Phi) is 3.68. The maximum atomic E-state index is 12.4. The van der Waals surface area contributed by atoms with E-state index in [4.69, 9.17) is 0 Å². The van der Waals surface area contributed by atoms with Crippen LogP contribution in [0.2, 0.25) is 0 Å². The van der Waals surface area contributed by atoms with Crippen LogP contribution < -0.4 is 5.32 Å². The van der Waals surface area contributed by atoms with Crippen molar-refractivity contribution in [1.29, 1.82) is 0 Å². The molecule has 7 heteroatoms. The number of fused-ring (bicyclic) bond motifs is 2. The van der Waals surface area contributed by atoms with Crippen LogP contribution in [0.4, 0.5) is 0 Å². The molecule has 0 saturated carbocycles. The highest BCUT2D eigenvalue weighted by atomic mass is 32.2. The first-order chi connectivity index (χ1) is 11.5. The molecule has 1 amide bonds. The van der Waals surface area contributed by atoms with Crippen LogP contribution in [0.1, 0.15) is 23.2 Å². The standard InChI is InChI=1S/C17H19N3O3S/c21-17(14-3-5-20-11-18-10-15(20)8-14)19-9-12-1-2-16-13(7-12)4-6-24(16,22)23/h1-2,7,10-11,14H,3-6,8-9H2,(H,19,21). The van der Waals surface area contributed by atoms with Crippen molar-refractivity contribution in [2.75, 3.05) is 5.75 Å². The first kappa shape index (κ1) is 15.4. The Morgan fingerprint density at radius 1 is 1.38 bits per heavy atom. The van der Waals surface area contributed by atoms with Gasteiger partial charge < -0.3 is 9.88 Å². The Labute approximate surface area is 140 Å². The van der Waals surface area contributed by atoms with Gasteiger partial charge in [0.2, 0.25) is 5.91 Å². The van der Waals surface area contributed by atoms with Crippen molar-refractivity contribution in [3.8, 4) is 0 Å². The molecule has 24 heavy (non-hydrogen) atoms. The third-order valence-electron chi connectivity index (χ3n) is 4.91. The summed E-state index contributed by atoms with van der Waals surface area (Å²) in [6.07, 6.45) is 5.72. The van der Waals surface area contributed by atoms with Crippen LogP contribution in [-0.4, -0.2) is 29.6 Å². The molecule has 0 aliphatic carbocycles. The molecule has 2 aliphatic rings. The lowest BCUT2D eigenvalue weighted by Crippen LogP contribution is -2.34. The third kappa shape index (κ3) is 2.73. The average Bonchev–Trinajstić information content (AvgIpc) is 3.16. The Hall–Kier alpha value is -2.15. The predicted octanol–water partition coefficient (Wildman–Crippen LogP) is 1.09. The second-order valence-corrected chi connectivity index (χ2v) is 8.57. The fourth-order valence-corrected chi connectivity index (χ4v) is 5.07. The zero-order valence-corrected chi connectivity index (χ0v) is 14.1. The zero-order valence-electron chi connectivity index (χ0n) is 13.2. The Bertz CT molecular complexity index is 902. The molecular formula is C17H19N3O3S. The number of hydrogen-bond donors (Lipinski definition) is 1. The molecule has 0 radical (unpaired) electrons. The van der Waals surface area contributed by atoms with E-state index < -0.39 is 9.84 Å². The number of aryl methyl sites for hydroxylation is 2. The quantitative estimate of drug-likeness (QED) is 0.903. The van der Waals surface area contributed by atoms with E-state index in [2.05, 4.69) is 14.9 Å². The van der Waals surface area contributed by atoms with Gasteiger partial charge in [-0.15, -0.1) is 0 Å². The van der Waals surface area contributed by atoms with Gasteiger partial charge in [-0.3, -0.25) is 4.79 Å². The summed E-state index contributed by atoms with van der Waals surface area (Å²) >= 11 is 0.